The number of benzene rings is 1. The Morgan fingerprint density at radius 2 is 1.95 bits per heavy atom. The van der Waals surface area contributed by atoms with Gasteiger partial charge in [-0.2, -0.15) is 0 Å². The van der Waals surface area contributed by atoms with E-state index < -0.39 is 11.1 Å². The molecule has 100 valence electrons. The van der Waals surface area contributed by atoms with Crippen LogP contribution in [0.25, 0.3) is 0 Å². The molecule has 0 aliphatic carbocycles. The van der Waals surface area contributed by atoms with E-state index in [1.807, 2.05) is 0 Å². The summed E-state index contributed by atoms with van der Waals surface area (Å²) in [5.74, 6) is 0.590. The fourth-order valence-electron chi connectivity index (χ4n) is 1.79. The van der Waals surface area contributed by atoms with Gasteiger partial charge in [0.1, 0.15) is 5.75 Å². The van der Waals surface area contributed by atoms with E-state index in [2.05, 4.69) is 0 Å². The molecule has 0 aliphatic heterocycles. The van der Waals surface area contributed by atoms with Gasteiger partial charge < -0.3 is 19.6 Å². The summed E-state index contributed by atoms with van der Waals surface area (Å²) >= 11 is 0. The zero-order valence-corrected chi connectivity index (χ0v) is 10.8. The average molecular weight is 261 g/mol. The molecule has 0 unspecified atom stereocenters. The highest BCUT2D eigenvalue weighted by atomic mass is 16.5. The van der Waals surface area contributed by atoms with Crippen molar-refractivity contribution in [3.05, 3.63) is 56.9 Å². The van der Waals surface area contributed by atoms with E-state index >= 15 is 0 Å². The van der Waals surface area contributed by atoms with Gasteiger partial charge >= 0.3 is 11.1 Å². The molecule has 6 nitrogen and oxygen atoms in total. The van der Waals surface area contributed by atoms with E-state index in [4.69, 9.17) is 10.5 Å². The van der Waals surface area contributed by atoms with Crippen molar-refractivity contribution in [2.75, 3.05) is 12.8 Å². The Kier molecular flexibility index (Phi) is 3.41. The number of hydrogen-bond acceptors (Lipinski definition) is 4. The Hall–Kier alpha value is -2.50. The van der Waals surface area contributed by atoms with Crippen LogP contribution in [0.3, 0.4) is 0 Å². The van der Waals surface area contributed by atoms with E-state index in [1.165, 1.54) is 23.3 Å². The predicted octanol–water partition coefficient (Wildman–Crippen LogP) is 0.186. The van der Waals surface area contributed by atoms with Gasteiger partial charge in [-0.15, -0.1) is 0 Å². The van der Waals surface area contributed by atoms with Gasteiger partial charge in [0.25, 0.3) is 0 Å². The minimum atomic E-state index is -0.566. The van der Waals surface area contributed by atoms with Crippen LogP contribution in [0.5, 0.6) is 5.75 Å². The molecule has 6 heteroatoms. The maximum Gasteiger partial charge on any atom is 0.316 e. The lowest BCUT2D eigenvalue weighted by atomic mass is 10.2. The van der Waals surface area contributed by atoms with Crippen LogP contribution in [-0.2, 0) is 13.6 Å². The highest BCUT2D eigenvalue weighted by Crippen LogP contribution is 2.21. The molecule has 0 bridgehead atoms. The molecule has 0 saturated carbocycles. The number of rotatable bonds is 3. The normalized spacial score (nSPS) is 10.4. The number of aromatic nitrogens is 2. The molecule has 2 rings (SSSR count). The van der Waals surface area contributed by atoms with E-state index in [1.54, 1.807) is 30.6 Å². The van der Waals surface area contributed by atoms with Gasteiger partial charge in [-0.05, 0) is 6.07 Å². The average Bonchev–Trinajstić information content (AvgIpc) is 2.41. The first-order chi connectivity index (χ1) is 9.02. The summed E-state index contributed by atoms with van der Waals surface area (Å²) in [5.41, 5.74) is 5.91. The molecule has 0 fully saturated rings. The van der Waals surface area contributed by atoms with Crippen molar-refractivity contribution in [3.63, 3.8) is 0 Å². The minimum Gasteiger partial charge on any atom is -0.496 e. The summed E-state index contributed by atoms with van der Waals surface area (Å²) in [4.78, 5) is 23.4. The van der Waals surface area contributed by atoms with Crippen molar-refractivity contribution in [1.82, 2.24) is 9.13 Å². The van der Waals surface area contributed by atoms with Crippen molar-refractivity contribution in [2.24, 2.45) is 7.05 Å². The molecule has 1 aromatic heterocycles. The van der Waals surface area contributed by atoms with Crippen LogP contribution in [0.15, 0.2) is 40.2 Å². The van der Waals surface area contributed by atoms with Gasteiger partial charge in [-0.25, -0.2) is 0 Å². The first kappa shape index (κ1) is 12.9. The summed E-state index contributed by atoms with van der Waals surface area (Å²) in [6.07, 6.45) is 3.12. The van der Waals surface area contributed by atoms with Crippen molar-refractivity contribution in [3.8, 4) is 5.75 Å². The first-order valence-corrected chi connectivity index (χ1v) is 5.71. The van der Waals surface area contributed by atoms with Gasteiger partial charge in [-0.3, -0.25) is 9.59 Å². The largest absolute Gasteiger partial charge is 0.496 e. The number of nitrogens with zero attached hydrogens (tertiary/aromatic N) is 2. The van der Waals surface area contributed by atoms with Crippen LogP contribution in [0.4, 0.5) is 5.69 Å². The molecule has 2 N–H and O–H groups in total. The summed E-state index contributed by atoms with van der Waals surface area (Å²) in [6.45, 7) is 0.262. The second kappa shape index (κ2) is 5.01. The number of methoxy groups -OCH3 is 1. The molecule has 0 atom stereocenters. The molecule has 0 aliphatic rings. The van der Waals surface area contributed by atoms with E-state index in [0.717, 1.165) is 5.56 Å². The van der Waals surface area contributed by atoms with Crippen LogP contribution in [0.1, 0.15) is 5.56 Å². The maximum absolute atomic E-state index is 11.8. The van der Waals surface area contributed by atoms with Crippen molar-refractivity contribution in [1.29, 1.82) is 0 Å². The maximum atomic E-state index is 11.8. The zero-order valence-electron chi connectivity index (χ0n) is 10.8. The number of aryl methyl sites for hydroxylation is 1. The second-order valence-electron chi connectivity index (χ2n) is 4.22. The third kappa shape index (κ3) is 2.52. The van der Waals surface area contributed by atoms with Gasteiger partial charge in [0.15, 0.2) is 0 Å². The van der Waals surface area contributed by atoms with Crippen LogP contribution in [0, 0.1) is 0 Å². The lowest BCUT2D eigenvalue weighted by Gasteiger charge is -2.11. The minimum absolute atomic E-state index is 0.262. The van der Waals surface area contributed by atoms with Crippen molar-refractivity contribution in [2.45, 2.75) is 6.54 Å². The SMILES string of the molecule is COc1cc(N)ccc1Cn1ccn(C)c(=O)c1=O. The molecule has 0 radical (unpaired) electrons. The van der Waals surface area contributed by atoms with Crippen LogP contribution in [0.2, 0.25) is 0 Å². The molecule has 1 aromatic carbocycles. The van der Waals surface area contributed by atoms with Crippen LogP contribution in [-0.4, -0.2) is 16.2 Å². The molecule has 0 saturated heterocycles. The molecule has 0 amide bonds. The molecule has 2 aromatic rings. The standard InChI is InChI=1S/C13H15N3O3/c1-15-5-6-16(13(18)12(15)17)8-9-3-4-10(14)7-11(9)19-2/h3-7H,8,14H2,1-2H3. The Bertz CT molecular complexity index is 716. The van der Waals surface area contributed by atoms with Crippen molar-refractivity contribution < 1.29 is 4.74 Å². The van der Waals surface area contributed by atoms with E-state index in [0.29, 0.717) is 11.4 Å². The van der Waals surface area contributed by atoms with Gasteiger partial charge in [-0.1, -0.05) is 6.07 Å². The Labute approximate surface area is 109 Å². The number of anilines is 1. The summed E-state index contributed by atoms with van der Waals surface area (Å²) in [6, 6.07) is 5.18. The van der Waals surface area contributed by atoms with Crippen molar-refractivity contribution >= 4 is 5.69 Å². The summed E-state index contributed by atoms with van der Waals surface area (Å²) in [5, 5.41) is 0. The molecule has 1 heterocycles. The van der Waals surface area contributed by atoms with Gasteiger partial charge in [0.2, 0.25) is 0 Å². The second-order valence-corrected chi connectivity index (χ2v) is 4.22. The smallest absolute Gasteiger partial charge is 0.316 e. The molecular formula is C13H15N3O3. The highest BCUT2D eigenvalue weighted by molar-refractivity contribution is 5.48. The zero-order chi connectivity index (χ0) is 14.0. The number of nitrogens with two attached hydrogens (primary N) is 1. The first-order valence-electron chi connectivity index (χ1n) is 5.71. The molecule has 19 heavy (non-hydrogen) atoms. The monoisotopic (exact) mass is 261 g/mol. The lowest BCUT2D eigenvalue weighted by Crippen LogP contribution is -2.39. The third-order valence-electron chi connectivity index (χ3n) is 2.89. The highest BCUT2D eigenvalue weighted by Gasteiger charge is 2.07. The third-order valence-corrected chi connectivity index (χ3v) is 2.89. The summed E-state index contributed by atoms with van der Waals surface area (Å²) in [7, 11) is 3.07. The van der Waals surface area contributed by atoms with Crippen LogP contribution < -0.4 is 21.6 Å². The van der Waals surface area contributed by atoms with Gasteiger partial charge in [0.05, 0.1) is 13.7 Å². The number of nitrogen functional groups attached to an aromatic ring is 1. The lowest BCUT2D eigenvalue weighted by molar-refractivity contribution is 0.408. The molecular weight excluding hydrogens is 246 g/mol. The topological polar surface area (TPSA) is 79.2 Å². The summed E-state index contributed by atoms with van der Waals surface area (Å²) < 4.78 is 7.81. The van der Waals surface area contributed by atoms with E-state index in [9.17, 15) is 9.59 Å². The predicted molar refractivity (Wildman–Crippen MR) is 72.5 cm³/mol. The molecule has 0 spiro atoms. The quantitative estimate of drug-likeness (QED) is 0.631. The fraction of sp³-hybridized carbons (Fsp3) is 0.231. The Balaban J connectivity index is 2.45. The number of ether oxygens (including phenoxy) is 1. The number of hydrogen-bond donors (Lipinski definition) is 1. The van der Waals surface area contributed by atoms with E-state index in [-0.39, 0.29) is 6.54 Å². The van der Waals surface area contributed by atoms with Crippen LogP contribution >= 0.6 is 0 Å². The van der Waals surface area contributed by atoms with Gasteiger partial charge in [0, 0.05) is 36.8 Å². The Morgan fingerprint density at radius 1 is 1.21 bits per heavy atom. The Morgan fingerprint density at radius 3 is 2.63 bits per heavy atom. The fourth-order valence-corrected chi connectivity index (χ4v) is 1.79.